The van der Waals surface area contributed by atoms with Gasteiger partial charge in [-0.15, -0.1) is 0 Å². The number of carbonyl (C=O) groups is 2. The second-order valence-electron chi connectivity index (χ2n) is 12.2. The van der Waals surface area contributed by atoms with E-state index in [0.717, 1.165) is 35.0 Å². The number of nitrogens with one attached hydrogen (secondary N) is 2. The van der Waals surface area contributed by atoms with Gasteiger partial charge in [0.1, 0.15) is 17.7 Å². The average molecular weight is 774 g/mol. The first-order chi connectivity index (χ1) is 24.1. The highest BCUT2D eigenvalue weighted by molar-refractivity contribution is 7.89. The molecule has 4 N–H and O–H groups in total. The van der Waals surface area contributed by atoms with Crippen molar-refractivity contribution in [2.75, 3.05) is 19.3 Å². The lowest BCUT2D eigenvalue weighted by Gasteiger charge is -2.30. The van der Waals surface area contributed by atoms with Crippen LogP contribution >= 0.6 is 0 Å². The van der Waals surface area contributed by atoms with Crippen LogP contribution in [0.2, 0.25) is 0 Å². The predicted octanol–water partition coefficient (Wildman–Crippen LogP) is 5.90. The van der Waals surface area contributed by atoms with Gasteiger partial charge in [-0.25, -0.2) is 22.0 Å². The van der Waals surface area contributed by atoms with E-state index in [1.54, 1.807) is 12.2 Å². The van der Waals surface area contributed by atoms with Gasteiger partial charge in [-0.05, 0) is 79.5 Å². The first-order valence-electron chi connectivity index (χ1n) is 16.4. The Morgan fingerprint density at radius 1 is 0.981 bits per heavy atom. The molecule has 3 rings (SSSR count). The third kappa shape index (κ3) is 14.8. The summed E-state index contributed by atoms with van der Waals surface area (Å²) in [5, 5.41) is 23.9. The van der Waals surface area contributed by atoms with Crippen molar-refractivity contribution in [3.05, 3.63) is 82.4 Å². The van der Waals surface area contributed by atoms with E-state index in [9.17, 15) is 53.4 Å². The largest absolute Gasteiger partial charge is 0.490 e. The van der Waals surface area contributed by atoms with Crippen molar-refractivity contribution >= 4 is 21.9 Å². The normalized spacial score (nSPS) is 19.7. The molecular weight excluding hydrogens is 730 g/mol. The van der Waals surface area contributed by atoms with Crippen LogP contribution in [0, 0.1) is 11.6 Å². The molecule has 0 unspecified atom stereocenters. The summed E-state index contributed by atoms with van der Waals surface area (Å²) in [6, 6.07) is 4.08. The summed E-state index contributed by atoms with van der Waals surface area (Å²) < 4.78 is 127. The zero-order chi connectivity index (χ0) is 39.3. The van der Waals surface area contributed by atoms with E-state index in [0.29, 0.717) is 49.3 Å². The van der Waals surface area contributed by atoms with Crippen molar-refractivity contribution in [1.82, 2.24) is 14.9 Å². The maximum atomic E-state index is 14.0. The highest BCUT2D eigenvalue weighted by Crippen LogP contribution is 2.31. The predicted molar refractivity (Wildman–Crippen MR) is 176 cm³/mol. The lowest BCUT2D eigenvalue weighted by Crippen LogP contribution is -2.55. The van der Waals surface area contributed by atoms with Gasteiger partial charge in [-0.2, -0.15) is 30.6 Å². The van der Waals surface area contributed by atoms with E-state index in [1.165, 1.54) is 13.1 Å². The molecule has 52 heavy (non-hydrogen) atoms. The number of carbonyl (C=O) groups excluding carboxylic acids is 1. The molecule has 0 spiro atoms. The molecule has 2 aromatic carbocycles. The fourth-order valence-corrected chi connectivity index (χ4v) is 6.73. The fourth-order valence-electron chi connectivity index (χ4n) is 5.30. The van der Waals surface area contributed by atoms with Crippen LogP contribution in [0.3, 0.4) is 0 Å². The second kappa shape index (κ2) is 20.0. The van der Waals surface area contributed by atoms with E-state index in [-0.39, 0.29) is 37.2 Å². The molecular formula is C34H43F8N3O6S. The number of allylic oxidation sites excluding steroid dienone is 1. The van der Waals surface area contributed by atoms with E-state index in [4.69, 9.17) is 9.90 Å². The molecule has 9 nitrogen and oxygen atoms in total. The Balaban J connectivity index is 0.00000121. The molecule has 0 aromatic heterocycles. The van der Waals surface area contributed by atoms with Crippen LogP contribution in [0.4, 0.5) is 35.1 Å². The monoisotopic (exact) mass is 773 g/mol. The van der Waals surface area contributed by atoms with Crippen molar-refractivity contribution < 1.29 is 63.3 Å². The quantitative estimate of drug-likeness (QED) is 0.149. The molecule has 0 saturated heterocycles. The number of aliphatic hydroxyl groups excluding tert-OH is 1. The summed E-state index contributed by atoms with van der Waals surface area (Å²) in [5.41, 5.74) is 0.469. The van der Waals surface area contributed by atoms with Gasteiger partial charge < -0.3 is 20.8 Å². The highest BCUT2D eigenvalue weighted by atomic mass is 32.2. The molecule has 1 heterocycles. The maximum absolute atomic E-state index is 14.0. The molecule has 1 amide bonds. The third-order valence-electron chi connectivity index (χ3n) is 8.14. The lowest BCUT2D eigenvalue weighted by molar-refractivity contribution is -0.192. The number of amides is 1. The molecule has 18 heteroatoms. The van der Waals surface area contributed by atoms with E-state index in [1.807, 2.05) is 6.92 Å². The molecule has 1 aliphatic rings. The minimum atomic E-state index is -5.08. The Morgan fingerprint density at radius 3 is 2.19 bits per heavy atom. The third-order valence-corrected chi connectivity index (χ3v) is 10.1. The van der Waals surface area contributed by atoms with Gasteiger partial charge in [0, 0.05) is 26.2 Å². The zero-order valence-corrected chi connectivity index (χ0v) is 29.4. The molecule has 3 atom stereocenters. The summed E-state index contributed by atoms with van der Waals surface area (Å²) in [5.74, 6) is -5.30. The SMILES string of the molecule is CCCCCS(=O)(=O)N(C)[C@H]1CC=CCCCc2ccc(C(F)(F)F)cc2CNC[C@@H](O)[C@H](Cc2cc(F)cc(F)c2)NC1=O.O=C(O)C(F)(F)F. The summed E-state index contributed by atoms with van der Waals surface area (Å²) in [4.78, 5) is 22.6. The van der Waals surface area contributed by atoms with Crippen LogP contribution < -0.4 is 10.6 Å². The molecule has 0 saturated carbocycles. The van der Waals surface area contributed by atoms with Gasteiger partial charge in [0.05, 0.1) is 23.5 Å². The minimum Gasteiger partial charge on any atom is -0.475 e. The van der Waals surface area contributed by atoms with Crippen molar-refractivity contribution in [1.29, 1.82) is 0 Å². The number of benzene rings is 2. The number of alkyl halides is 6. The molecule has 2 aromatic rings. The molecule has 0 radical (unpaired) electrons. The summed E-state index contributed by atoms with van der Waals surface area (Å²) in [6.45, 7) is 1.75. The highest BCUT2D eigenvalue weighted by Gasteiger charge is 2.38. The van der Waals surface area contributed by atoms with Gasteiger partial charge >= 0.3 is 18.3 Å². The molecule has 0 aliphatic carbocycles. The van der Waals surface area contributed by atoms with Gasteiger partial charge in [-0.3, -0.25) is 4.79 Å². The molecule has 0 bridgehead atoms. The van der Waals surface area contributed by atoms with Crippen LogP contribution in [-0.2, 0) is 45.2 Å². The number of aryl methyl sites for hydroxylation is 1. The van der Waals surface area contributed by atoms with Crippen LogP contribution in [0.5, 0.6) is 0 Å². The molecule has 1 aliphatic heterocycles. The summed E-state index contributed by atoms with van der Waals surface area (Å²) in [6.07, 6.45) is -4.09. The number of aliphatic carboxylic acids is 1. The van der Waals surface area contributed by atoms with Crippen LogP contribution in [0.25, 0.3) is 0 Å². The van der Waals surface area contributed by atoms with Crippen molar-refractivity contribution in [2.24, 2.45) is 0 Å². The summed E-state index contributed by atoms with van der Waals surface area (Å²) in [7, 11) is -2.49. The van der Waals surface area contributed by atoms with Crippen molar-refractivity contribution in [3.8, 4) is 0 Å². The lowest BCUT2D eigenvalue weighted by atomic mass is 9.97. The Hall–Kier alpha value is -3.61. The summed E-state index contributed by atoms with van der Waals surface area (Å²) >= 11 is 0. The number of likely N-dealkylation sites (N-methyl/N-ethyl adjacent to an activating group) is 1. The van der Waals surface area contributed by atoms with Crippen molar-refractivity contribution in [3.63, 3.8) is 0 Å². The van der Waals surface area contributed by atoms with Gasteiger partial charge in [-0.1, -0.05) is 38.0 Å². The number of sulfonamides is 1. The number of hydrogen-bond acceptors (Lipinski definition) is 6. The second-order valence-corrected chi connectivity index (χ2v) is 14.4. The number of aliphatic hydroxyl groups is 1. The van der Waals surface area contributed by atoms with Gasteiger partial charge in [0.25, 0.3) is 0 Å². The number of nitrogens with zero attached hydrogens (tertiary/aromatic N) is 1. The smallest absolute Gasteiger partial charge is 0.475 e. The van der Waals surface area contributed by atoms with Crippen molar-refractivity contribution in [2.45, 2.75) is 95.4 Å². The van der Waals surface area contributed by atoms with E-state index < -0.39 is 69.6 Å². The molecule has 0 fully saturated rings. The van der Waals surface area contributed by atoms with E-state index in [2.05, 4.69) is 10.6 Å². The number of β-amino-alcohol motifs (C(OH)–C–C–N with tert-alkyl or cyclic N) is 1. The first-order valence-corrected chi connectivity index (χ1v) is 18.0. The maximum Gasteiger partial charge on any atom is 0.490 e. The number of halogens is 8. The Bertz CT molecular complexity index is 1600. The fraction of sp³-hybridized carbons (Fsp3) is 0.529. The van der Waals surface area contributed by atoms with E-state index >= 15 is 0 Å². The van der Waals surface area contributed by atoms with Gasteiger partial charge in [0.15, 0.2) is 0 Å². The molecule has 292 valence electrons. The number of carboxylic acid groups (broad SMARTS) is 1. The number of fused-ring (bicyclic) bond motifs is 1. The van der Waals surface area contributed by atoms with Gasteiger partial charge in [0.2, 0.25) is 15.9 Å². The Kier molecular flexibility index (Phi) is 17.1. The number of carboxylic acids is 1. The van der Waals surface area contributed by atoms with Crippen LogP contribution in [0.15, 0.2) is 48.6 Å². The Labute approximate surface area is 297 Å². The standard InChI is InChI=1S/C32H42F5N3O4S.C2HF3O2/c1-3-4-9-14-45(43,44)40(2)29-11-8-6-5-7-10-23-12-13-25(32(35,36)37)18-24(23)20-38-21-30(41)28(39-31(29)42)17-22-15-26(33)19-27(34)16-22;3-2(4,5)1(6)7/h6,8,12-13,15-16,18-19,28-30,38,41H,3-5,7,9-11,14,17,20-21H2,1-2H3,(H,39,42);(H,6,7)/t28-,29-,30+;/m0./s1. The topological polar surface area (TPSA) is 136 Å². The number of unbranched alkanes of at least 4 members (excludes halogenated alkanes) is 2. The number of rotatable bonds is 8. The number of hydrogen-bond donors (Lipinski definition) is 4. The van der Waals surface area contributed by atoms with Crippen LogP contribution in [0.1, 0.15) is 67.7 Å². The average Bonchev–Trinajstić information content (AvgIpc) is 3.02. The Morgan fingerprint density at radius 2 is 1.62 bits per heavy atom. The zero-order valence-electron chi connectivity index (χ0n) is 28.5. The first kappa shape index (κ1) is 44.6. The minimum absolute atomic E-state index is 0.0111. The van der Waals surface area contributed by atoms with Crippen LogP contribution in [-0.4, -0.2) is 78.5 Å².